The van der Waals surface area contributed by atoms with Gasteiger partial charge in [0.1, 0.15) is 0 Å². The molecule has 3 heteroatoms. The van der Waals surface area contributed by atoms with Gasteiger partial charge in [0.25, 0.3) is 0 Å². The van der Waals surface area contributed by atoms with Gasteiger partial charge in [0.2, 0.25) is 0 Å². The highest BCUT2D eigenvalue weighted by molar-refractivity contribution is 5.85. The molecular weight excluding hydrogens is 232 g/mol. The maximum atomic E-state index is 6.18. The molecule has 17 heavy (non-hydrogen) atoms. The second-order valence-electron chi connectivity index (χ2n) is 4.43. The lowest BCUT2D eigenvalue weighted by atomic mass is 10.0. The third-order valence-electron chi connectivity index (χ3n) is 3.13. The zero-order valence-electron chi connectivity index (χ0n) is 10.3. The number of hydrogen-bond acceptors (Lipinski definition) is 1. The minimum atomic E-state index is 0. The molecular formula is C14H21ClN2. The minimum absolute atomic E-state index is 0. The molecule has 1 atom stereocenters. The predicted molar refractivity (Wildman–Crippen MR) is 76.6 cm³/mol. The van der Waals surface area contributed by atoms with Crippen LogP contribution in [0.1, 0.15) is 44.2 Å². The number of aromatic nitrogens is 1. The van der Waals surface area contributed by atoms with Gasteiger partial charge in [0, 0.05) is 17.8 Å². The smallest absolute Gasteiger partial charge is 0.0457 e. The highest BCUT2D eigenvalue weighted by Gasteiger charge is 2.06. The Morgan fingerprint density at radius 1 is 1.24 bits per heavy atom. The van der Waals surface area contributed by atoms with Crippen molar-refractivity contribution in [1.29, 1.82) is 0 Å². The maximum absolute atomic E-state index is 6.18. The van der Waals surface area contributed by atoms with Crippen LogP contribution < -0.4 is 5.73 Å². The zero-order valence-corrected chi connectivity index (χ0v) is 11.1. The van der Waals surface area contributed by atoms with E-state index in [4.69, 9.17) is 5.73 Å². The van der Waals surface area contributed by atoms with Gasteiger partial charge in [-0.25, -0.2) is 0 Å². The molecule has 0 amide bonds. The quantitative estimate of drug-likeness (QED) is 0.771. The Hall–Kier alpha value is -0.990. The van der Waals surface area contributed by atoms with E-state index in [0.29, 0.717) is 0 Å². The molecule has 1 aromatic carbocycles. The highest BCUT2D eigenvalue weighted by atomic mass is 35.5. The SMILES string of the molecule is CCCCC[C@@H](N)c1ccc2cc[nH]c2c1.Cl. The highest BCUT2D eigenvalue weighted by Crippen LogP contribution is 2.21. The van der Waals surface area contributed by atoms with Gasteiger partial charge in [-0.05, 0) is 29.5 Å². The van der Waals surface area contributed by atoms with Crippen molar-refractivity contribution in [1.82, 2.24) is 4.98 Å². The third kappa shape index (κ3) is 3.48. The van der Waals surface area contributed by atoms with Gasteiger partial charge in [0.15, 0.2) is 0 Å². The molecule has 0 aliphatic heterocycles. The lowest BCUT2D eigenvalue weighted by molar-refractivity contribution is 0.581. The Morgan fingerprint density at radius 3 is 2.82 bits per heavy atom. The first-order chi connectivity index (χ1) is 7.81. The Morgan fingerprint density at radius 2 is 2.06 bits per heavy atom. The van der Waals surface area contributed by atoms with Gasteiger partial charge in [-0.3, -0.25) is 0 Å². The number of nitrogens with two attached hydrogens (primary N) is 1. The lowest BCUT2D eigenvalue weighted by Gasteiger charge is -2.11. The minimum Gasteiger partial charge on any atom is -0.361 e. The summed E-state index contributed by atoms with van der Waals surface area (Å²) in [5.74, 6) is 0. The largest absolute Gasteiger partial charge is 0.361 e. The van der Waals surface area contributed by atoms with Crippen LogP contribution in [-0.4, -0.2) is 4.98 Å². The van der Waals surface area contributed by atoms with Gasteiger partial charge in [0.05, 0.1) is 0 Å². The number of nitrogens with one attached hydrogen (secondary N) is 1. The molecule has 0 unspecified atom stereocenters. The van der Waals surface area contributed by atoms with E-state index >= 15 is 0 Å². The van der Waals surface area contributed by atoms with Crippen LogP contribution >= 0.6 is 12.4 Å². The van der Waals surface area contributed by atoms with Gasteiger partial charge in [-0.1, -0.05) is 38.3 Å². The summed E-state index contributed by atoms with van der Waals surface area (Å²) in [7, 11) is 0. The van der Waals surface area contributed by atoms with Crippen LogP contribution in [0, 0.1) is 0 Å². The number of unbranched alkanes of at least 4 members (excludes halogenated alkanes) is 2. The molecule has 0 aliphatic rings. The van der Waals surface area contributed by atoms with Crippen LogP contribution in [0.2, 0.25) is 0 Å². The fraction of sp³-hybridized carbons (Fsp3) is 0.429. The summed E-state index contributed by atoms with van der Waals surface area (Å²) >= 11 is 0. The van der Waals surface area contributed by atoms with E-state index in [2.05, 4.69) is 36.2 Å². The molecule has 0 saturated carbocycles. The molecule has 1 heterocycles. The standard InChI is InChI=1S/C14H20N2.ClH/c1-2-3-4-5-13(15)12-7-6-11-8-9-16-14(11)10-12;/h6-10,13,16H,2-5,15H2,1H3;1H/t13-;/m1./s1. The number of H-pyrrole nitrogens is 1. The summed E-state index contributed by atoms with van der Waals surface area (Å²) in [6.07, 6.45) is 6.80. The van der Waals surface area contributed by atoms with Crippen molar-refractivity contribution in [2.45, 2.75) is 38.6 Å². The Labute approximate surface area is 109 Å². The fourth-order valence-electron chi connectivity index (χ4n) is 2.08. The van der Waals surface area contributed by atoms with Crippen LogP contribution in [0.5, 0.6) is 0 Å². The molecule has 0 bridgehead atoms. The number of rotatable bonds is 5. The van der Waals surface area contributed by atoms with E-state index in [1.165, 1.54) is 35.7 Å². The maximum Gasteiger partial charge on any atom is 0.0457 e. The first-order valence-electron chi connectivity index (χ1n) is 6.14. The molecule has 0 fully saturated rings. The van der Waals surface area contributed by atoms with Gasteiger partial charge in [-0.2, -0.15) is 0 Å². The van der Waals surface area contributed by atoms with Crippen LogP contribution in [0.25, 0.3) is 10.9 Å². The third-order valence-corrected chi connectivity index (χ3v) is 3.13. The number of hydrogen-bond donors (Lipinski definition) is 2. The van der Waals surface area contributed by atoms with Crippen molar-refractivity contribution >= 4 is 23.3 Å². The van der Waals surface area contributed by atoms with Crippen molar-refractivity contribution < 1.29 is 0 Å². The average Bonchev–Trinajstić information content (AvgIpc) is 2.76. The second kappa shape index (κ2) is 6.67. The van der Waals surface area contributed by atoms with Crippen LogP contribution in [-0.2, 0) is 0 Å². The molecule has 0 spiro atoms. The van der Waals surface area contributed by atoms with Crippen molar-refractivity contribution in [3.05, 3.63) is 36.0 Å². The topological polar surface area (TPSA) is 41.8 Å². The molecule has 2 aromatic rings. The first kappa shape index (κ1) is 14.1. The molecule has 2 rings (SSSR count). The fourth-order valence-corrected chi connectivity index (χ4v) is 2.08. The molecule has 0 aliphatic carbocycles. The van der Waals surface area contributed by atoms with Gasteiger partial charge in [-0.15, -0.1) is 12.4 Å². The van der Waals surface area contributed by atoms with Crippen molar-refractivity contribution in [2.75, 3.05) is 0 Å². The van der Waals surface area contributed by atoms with E-state index in [0.717, 1.165) is 6.42 Å². The van der Waals surface area contributed by atoms with Crippen molar-refractivity contribution in [3.8, 4) is 0 Å². The predicted octanol–water partition coefficient (Wildman–Crippen LogP) is 4.17. The number of aromatic amines is 1. The summed E-state index contributed by atoms with van der Waals surface area (Å²) in [6, 6.07) is 8.72. The van der Waals surface area contributed by atoms with Gasteiger partial charge < -0.3 is 10.7 Å². The average molecular weight is 253 g/mol. The Balaban J connectivity index is 0.00000144. The Kier molecular flexibility index (Phi) is 5.52. The summed E-state index contributed by atoms with van der Waals surface area (Å²) in [5, 5.41) is 1.25. The number of halogens is 1. The monoisotopic (exact) mass is 252 g/mol. The van der Waals surface area contributed by atoms with Crippen LogP contribution in [0.3, 0.4) is 0 Å². The summed E-state index contributed by atoms with van der Waals surface area (Å²) in [4.78, 5) is 3.23. The molecule has 0 radical (unpaired) electrons. The summed E-state index contributed by atoms with van der Waals surface area (Å²) in [5.41, 5.74) is 8.61. The van der Waals surface area contributed by atoms with Crippen molar-refractivity contribution in [3.63, 3.8) is 0 Å². The van der Waals surface area contributed by atoms with E-state index in [1.807, 2.05) is 6.20 Å². The molecule has 1 aromatic heterocycles. The number of fused-ring (bicyclic) bond motifs is 1. The number of benzene rings is 1. The van der Waals surface area contributed by atoms with E-state index in [-0.39, 0.29) is 18.4 Å². The van der Waals surface area contributed by atoms with E-state index in [9.17, 15) is 0 Å². The van der Waals surface area contributed by atoms with E-state index in [1.54, 1.807) is 0 Å². The van der Waals surface area contributed by atoms with Crippen molar-refractivity contribution in [2.24, 2.45) is 5.73 Å². The summed E-state index contributed by atoms with van der Waals surface area (Å²) < 4.78 is 0. The molecule has 94 valence electrons. The lowest BCUT2D eigenvalue weighted by Crippen LogP contribution is -2.09. The van der Waals surface area contributed by atoms with Crippen LogP contribution in [0.15, 0.2) is 30.5 Å². The zero-order chi connectivity index (χ0) is 11.4. The normalized spacial score (nSPS) is 12.4. The Bertz CT molecular complexity index is 450. The van der Waals surface area contributed by atoms with Crippen LogP contribution in [0.4, 0.5) is 0 Å². The first-order valence-corrected chi connectivity index (χ1v) is 6.14. The van der Waals surface area contributed by atoms with Gasteiger partial charge >= 0.3 is 0 Å². The molecule has 0 saturated heterocycles. The van der Waals surface area contributed by atoms with E-state index < -0.39 is 0 Å². The molecule has 2 nitrogen and oxygen atoms in total. The molecule has 3 N–H and O–H groups in total. The second-order valence-corrected chi connectivity index (χ2v) is 4.43. The summed E-state index contributed by atoms with van der Waals surface area (Å²) in [6.45, 7) is 2.22.